The second-order valence-electron chi connectivity index (χ2n) is 6.57. The molecule has 138 valence electrons. The summed E-state index contributed by atoms with van der Waals surface area (Å²) in [6.45, 7) is 7.70. The lowest BCUT2D eigenvalue weighted by molar-refractivity contribution is -0.136. The molecule has 1 fully saturated rings. The molecule has 0 unspecified atom stereocenters. The standard InChI is InChI=1S/C18H28N4O3/c1-14(13-22-10-8-21(2)9-11-22)12-19-17(23)18(24)20-15-6-4-5-7-16(15)25-3/h4-7,14H,8-13H2,1-3H3,(H,19,23)(H,20,24)/t14-/m1/s1. The van der Waals surface area contributed by atoms with Crippen LogP contribution in [0.1, 0.15) is 6.92 Å². The monoisotopic (exact) mass is 348 g/mol. The summed E-state index contributed by atoms with van der Waals surface area (Å²) in [5.41, 5.74) is 0.482. The maximum absolute atomic E-state index is 12.0. The molecule has 1 aliphatic rings. The van der Waals surface area contributed by atoms with Crippen molar-refractivity contribution in [2.45, 2.75) is 6.92 Å². The Labute approximate surface area is 149 Å². The Morgan fingerprint density at radius 3 is 2.52 bits per heavy atom. The molecule has 1 aliphatic heterocycles. The first-order valence-electron chi connectivity index (χ1n) is 8.62. The molecule has 7 nitrogen and oxygen atoms in total. The topological polar surface area (TPSA) is 73.9 Å². The lowest BCUT2D eigenvalue weighted by atomic mass is 10.1. The number of anilines is 1. The predicted molar refractivity (Wildman–Crippen MR) is 97.7 cm³/mol. The van der Waals surface area contributed by atoms with Crippen LogP contribution in [-0.4, -0.2) is 75.0 Å². The average molecular weight is 348 g/mol. The first-order chi connectivity index (χ1) is 12.0. The number of amides is 2. The molecular formula is C18H28N4O3. The quantitative estimate of drug-likeness (QED) is 0.738. The summed E-state index contributed by atoms with van der Waals surface area (Å²) in [7, 11) is 3.65. The van der Waals surface area contributed by atoms with Gasteiger partial charge in [0.25, 0.3) is 0 Å². The van der Waals surface area contributed by atoms with Gasteiger partial charge in [0.2, 0.25) is 0 Å². The van der Waals surface area contributed by atoms with Crippen LogP contribution in [0.2, 0.25) is 0 Å². The van der Waals surface area contributed by atoms with E-state index in [1.807, 2.05) is 0 Å². The molecule has 1 saturated heterocycles. The van der Waals surface area contributed by atoms with Gasteiger partial charge in [-0.05, 0) is 25.1 Å². The third-order valence-electron chi connectivity index (χ3n) is 4.34. The van der Waals surface area contributed by atoms with E-state index in [0.29, 0.717) is 18.0 Å². The van der Waals surface area contributed by atoms with Gasteiger partial charge in [-0.25, -0.2) is 0 Å². The number of ether oxygens (including phenoxy) is 1. The largest absolute Gasteiger partial charge is 0.495 e. The SMILES string of the molecule is COc1ccccc1NC(=O)C(=O)NC[C@@H](C)CN1CCN(C)CC1. The number of carbonyl (C=O) groups is 2. The molecule has 2 amide bonds. The lowest BCUT2D eigenvalue weighted by Crippen LogP contribution is -2.47. The number of likely N-dealkylation sites (N-methyl/N-ethyl adjacent to an activating group) is 1. The predicted octanol–water partition coefficient (Wildman–Crippen LogP) is 0.633. The maximum atomic E-state index is 12.0. The summed E-state index contributed by atoms with van der Waals surface area (Å²) >= 11 is 0. The average Bonchev–Trinajstić information content (AvgIpc) is 2.62. The Hall–Kier alpha value is -2.12. The van der Waals surface area contributed by atoms with Crippen molar-refractivity contribution in [3.63, 3.8) is 0 Å². The second kappa shape index (κ2) is 9.39. The van der Waals surface area contributed by atoms with Crippen molar-refractivity contribution in [3.8, 4) is 5.75 Å². The maximum Gasteiger partial charge on any atom is 0.313 e. The van der Waals surface area contributed by atoms with E-state index in [2.05, 4.69) is 34.4 Å². The van der Waals surface area contributed by atoms with Crippen molar-refractivity contribution >= 4 is 17.5 Å². The minimum absolute atomic E-state index is 0.284. The van der Waals surface area contributed by atoms with E-state index in [9.17, 15) is 9.59 Å². The number of carbonyl (C=O) groups excluding carboxylic acids is 2. The van der Waals surface area contributed by atoms with Crippen molar-refractivity contribution in [3.05, 3.63) is 24.3 Å². The summed E-state index contributed by atoms with van der Waals surface area (Å²) in [5.74, 6) is -0.508. The van der Waals surface area contributed by atoms with Gasteiger partial charge in [0.1, 0.15) is 5.75 Å². The molecule has 1 aromatic carbocycles. The van der Waals surface area contributed by atoms with Crippen LogP contribution in [0.15, 0.2) is 24.3 Å². The number of piperazine rings is 1. The zero-order chi connectivity index (χ0) is 18.2. The molecule has 1 aromatic rings. The summed E-state index contributed by atoms with van der Waals surface area (Å²) < 4.78 is 5.16. The molecule has 0 aliphatic carbocycles. The van der Waals surface area contributed by atoms with Crippen molar-refractivity contribution in [2.75, 3.05) is 58.7 Å². The number of hydrogen-bond donors (Lipinski definition) is 2. The first kappa shape index (κ1) is 19.2. The Kier molecular flexibility index (Phi) is 7.21. The fourth-order valence-corrected chi connectivity index (χ4v) is 2.81. The van der Waals surface area contributed by atoms with Gasteiger partial charge >= 0.3 is 11.8 Å². The highest BCUT2D eigenvalue weighted by Gasteiger charge is 2.19. The molecular weight excluding hydrogens is 320 g/mol. The second-order valence-corrected chi connectivity index (χ2v) is 6.57. The molecule has 7 heteroatoms. The van der Waals surface area contributed by atoms with Gasteiger partial charge in [-0.15, -0.1) is 0 Å². The van der Waals surface area contributed by atoms with Crippen LogP contribution in [0.25, 0.3) is 0 Å². The number of para-hydroxylation sites is 2. The summed E-state index contributed by atoms with van der Waals surface area (Å²) in [6, 6.07) is 6.99. The van der Waals surface area contributed by atoms with Crippen LogP contribution in [0.3, 0.4) is 0 Å². The van der Waals surface area contributed by atoms with Crippen molar-refractivity contribution < 1.29 is 14.3 Å². The van der Waals surface area contributed by atoms with Crippen LogP contribution in [-0.2, 0) is 9.59 Å². The molecule has 0 aromatic heterocycles. The van der Waals surface area contributed by atoms with E-state index in [1.54, 1.807) is 24.3 Å². The van der Waals surface area contributed by atoms with Gasteiger partial charge < -0.3 is 25.2 Å². The van der Waals surface area contributed by atoms with Crippen molar-refractivity contribution in [1.82, 2.24) is 15.1 Å². The minimum Gasteiger partial charge on any atom is -0.495 e. The van der Waals surface area contributed by atoms with E-state index in [-0.39, 0.29) is 5.92 Å². The Morgan fingerprint density at radius 2 is 1.84 bits per heavy atom. The number of methoxy groups -OCH3 is 1. The van der Waals surface area contributed by atoms with Crippen LogP contribution < -0.4 is 15.4 Å². The fourth-order valence-electron chi connectivity index (χ4n) is 2.81. The third kappa shape index (κ3) is 6.03. The number of hydrogen-bond acceptors (Lipinski definition) is 5. The smallest absolute Gasteiger partial charge is 0.313 e. The summed E-state index contributed by atoms with van der Waals surface area (Å²) in [6.07, 6.45) is 0. The van der Waals surface area contributed by atoms with Crippen LogP contribution in [0.5, 0.6) is 5.75 Å². The van der Waals surface area contributed by atoms with E-state index in [1.165, 1.54) is 7.11 Å². The van der Waals surface area contributed by atoms with E-state index >= 15 is 0 Å². The number of benzene rings is 1. The van der Waals surface area contributed by atoms with Gasteiger partial charge in [-0.2, -0.15) is 0 Å². The molecule has 0 bridgehead atoms. The zero-order valence-electron chi connectivity index (χ0n) is 15.2. The first-order valence-corrected chi connectivity index (χ1v) is 8.62. The molecule has 0 radical (unpaired) electrons. The molecule has 25 heavy (non-hydrogen) atoms. The Morgan fingerprint density at radius 1 is 1.16 bits per heavy atom. The van der Waals surface area contributed by atoms with Gasteiger partial charge in [-0.1, -0.05) is 19.1 Å². The minimum atomic E-state index is -0.684. The molecule has 0 saturated carbocycles. The molecule has 1 heterocycles. The van der Waals surface area contributed by atoms with Crippen molar-refractivity contribution in [2.24, 2.45) is 5.92 Å². The lowest BCUT2D eigenvalue weighted by Gasteiger charge is -2.33. The van der Waals surface area contributed by atoms with Crippen LogP contribution >= 0.6 is 0 Å². The van der Waals surface area contributed by atoms with Gasteiger partial charge in [-0.3, -0.25) is 9.59 Å². The van der Waals surface area contributed by atoms with Gasteiger partial charge in [0, 0.05) is 39.3 Å². The number of rotatable bonds is 6. The fraction of sp³-hybridized carbons (Fsp3) is 0.556. The van der Waals surface area contributed by atoms with Crippen molar-refractivity contribution in [1.29, 1.82) is 0 Å². The van der Waals surface area contributed by atoms with Gasteiger partial charge in [0.15, 0.2) is 0 Å². The highest BCUT2D eigenvalue weighted by molar-refractivity contribution is 6.39. The third-order valence-corrected chi connectivity index (χ3v) is 4.34. The summed E-state index contributed by atoms with van der Waals surface area (Å²) in [5, 5.41) is 5.29. The van der Waals surface area contributed by atoms with Crippen LogP contribution in [0.4, 0.5) is 5.69 Å². The normalized spacial score (nSPS) is 16.9. The van der Waals surface area contributed by atoms with Gasteiger partial charge in [0.05, 0.1) is 12.8 Å². The molecule has 1 atom stereocenters. The van der Waals surface area contributed by atoms with E-state index < -0.39 is 11.8 Å². The Bertz CT molecular complexity index is 585. The number of nitrogens with one attached hydrogen (secondary N) is 2. The number of nitrogens with zero attached hydrogens (tertiary/aromatic N) is 2. The van der Waals surface area contributed by atoms with E-state index in [0.717, 1.165) is 32.7 Å². The summed E-state index contributed by atoms with van der Waals surface area (Å²) in [4.78, 5) is 28.7. The van der Waals surface area contributed by atoms with Crippen LogP contribution in [0, 0.1) is 5.92 Å². The highest BCUT2D eigenvalue weighted by atomic mass is 16.5. The molecule has 2 N–H and O–H groups in total. The molecule has 0 spiro atoms. The zero-order valence-corrected chi connectivity index (χ0v) is 15.2. The molecule has 2 rings (SSSR count). The highest BCUT2D eigenvalue weighted by Crippen LogP contribution is 2.22. The Balaban J connectivity index is 1.74. The van der Waals surface area contributed by atoms with E-state index in [4.69, 9.17) is 4.74 Å².